The van der Waals surface area contributed by atoms with E-state index in [1.165, 1.54) is 13.8 Å². The predicted octanol–water partition coefficient (Wildman–Crippen LogP) is 0.471. The number of carbonyl (C=O) groups excluding carboxylic acids is 1. The standard InChI is InChI=1S/C11H19NO4/c1-11(2,10(15)16)6-9(14)12-5-3-4-8(13)7-12/h8,13H,3-7H2,1-2H3,(H,15,16)/t8-/m0/s1. The highest BCUT2D eigenvalue weighted by molar-refractivity contribution is 5.84. The third kappa shape index (κ3) is 3.20. The van der Waals surface area contributed by atoms with Crippen molar-refractivity contribution in [1.82, 2.24) is 4.90 Å². The quantitative estimate of drug-likeness (QED) is 0.737. The van der Waals surface area contributed by atoms with Gasteiger partial charge in [-0.25, -0.2) is 0 Å². The lowest BCUT2D eigenvalue weighted by Gasteiger charge is -2.32. The highest BCUT2D eigenvalue weighted by Gasteiger charge is 2.33. The van der Waals surface area contributed by atoms with E-state index in [4.69, 9.17) is 5.11 Å². The number of amides is 1. The van der Waals surface area contributed by atoms with Gasteiger partial charge < -0.3 is 15.1 Å². The zero-order chi connectivity index (χ0) is 12.3. The molecule has 1 aliphatic heterocycles. The topological polar surface area (TPSA) is 77.8 Å². The van der Waals surface area contributed by atoms with Gasteiger partial charge in [-0.1, -0.05) is 0 Å². The maximum atomic E-state index is 11.8. The summed E-state index contributed by atoms with van der Waals surface area (Å²) in [6.45, 7) is 4.02. The summed E-state index contributed by atoms with van der Waals surface area (Å²) in [5.74, 6) is -1.16. The molecule has 1 aliphatic rings. The molecule has 0 saturated carbocycles. The Kier molecular flexibility index (Phi) is 3.91. The van der Waals surface area contributed by atoms with Gasteiger partial charge in [0.05, 0.1) is 11.5 Å². The molecule has 0 aromatic rings. The van der Waals surface area contributed by atoms with Gasteiger partial charge in [-0.3, -0.25) is 9.59 Å². The summed E-state index contributed by atoms with van der Waals surface area (Å²) in [7, 11) is 0. The Labute approximate surface area is 95.1 Å². The van der Waals surface area contributed by atoms with Gasteiger partial charge in [-0.05, 0) is 26.7 Å². The molecule has 0 spiro atoms. The number of carboxylic acids is 1. The Morgan fingerprint density at radius 2 is 2.06 bits per heavy atom. The Hall–Kier alpha value is -1.10. The van der Waals surface area contributed by atoms with Crippen molar-refractivity contribution in [2.45, 2.75) is 39.2 Å². The number of carboxylic acid groups (broad SMARTS) is 1. The van der Waals surface area contributed by atoms with Crippen LogP contribution < -0.4 is 0 Å². The number of piperidine rings is 1. The minimum Gasteiger partial charge on any atom is -0.481 e. The fraction of sp³-hybridized carbons (Fsp3) is 0.818. The molecule has 1 atom stereocenters. The van der Waals surface area contributed by atoms with Crippen molar-refractivity contribution in [3.05, 3.63) is 0 Å². The van der Waals surface area contributed by atoms with Crippen molar-refractivity contribution < 1.29 is 19.8 Å². The fourth-order valence-electron chi connectivity index (χ4n) is 1.75. The van der Waals surface area contributed by atoms with Crippen molar-refractivity contribution in [3.63, 3.8) is 0 Å². The minimum absolute atomic E-state index is 0.0188. The van der Waals surface area contributed by atoms with E-state index >= 15 is 0 Å². The van der Waals surface area contributed by atoms with Crippen LogP contribution in [0.1, 0.15) is 33.1 Å². The second-order valence-corrected chi connectivity index (χ2v) is 5.00. The lowest BCUT2D eigenvalue weighted by Crippen LogP contribution is -2.44. The molecule has 1 rings (SSSR count). The van der Waals surface area contributed by atoms with Gasteiger partial charge >= 0.3 is 5.97 Å². The first-order chi connectivity index (χ1) is 7.33. The molecule has 1 amide bonds. The van der Waals surface area contributed by atoms with Gasteiger partial charge in [0.2, 0.25) is 5.91 Å². The summed E-state index contributed by atoms with van der Waals surface area (Å²) in [5.41, 5.74) is -1.04. The molecule has 0 aromatic carbocycles. The number of β-amino-alcohol motifs (C(OH)–C–C–N with tert-alkyl or cyclic N) is 1. The van der Waals surface area contributed by atoms with E-state index in [1.54, 1.807) is 4.90 Å². The summed E-state index contributed by atoms with van der Waals surface area (Å²) in [5, 5.41) is 18.3. The first kappa shape index (κ1) is 13.0. The second kappa shape index (κ2) is 4.82. The summed E-state index contributed by atoms with van der Waals surface area (Å²) in [4.78, 5) is 24.3. The van der Waals surface area contributed by atoms with Crippen LogP contribution in [0.5, 0.6) is 0 Å². The smallest absolute Gasteiger partial charge is 0.309 e. The Morgan fingerprint density at radius 1 is 1.44 bits per heavy atom. The van der Waals surface area contributed by atoms with Gasteiger partial charge in [0.15, 0.2) is 0 Å². The lowest BCUT2D eigenvalue weighted by atomic mass is 9.88. The van der Waals surface area contributed by atoms with E-state index in [-0.39, 0.29) is 12.3 Å². The lowest BCUT2D eigenvalue weighted by molar-refractivity contribution is -0.152. The fourth-order valence-corrected chi connectivity index (χ4v) is 1.75. The Morgan fingerprint density at radius 3 is 2.56 bits per heavy atom. The second-order valence-electron chi connectivity index (χ2n) is 5.00. The SMILES string of the molecule is CC(C)(CC(=O)N1CCC[C@H](O)C1)C(=O)O. The van der Waals surface area contributed by atoms with Crippen LogP contribution >= 0.6 is 0 Å². The number of aliphatic hydroxyl groups excluding tert-OH is 1. The molecule has 5 nitrogen and oxygen atoms in total. The van der Waals surface area contributed by atoms with Gasteiger partial charge in [-0.15, -0.1) is 0 Å². The van der Waals surface area contributed by atoms with Crippen molar-refractivity contribution in [3.8, 4) is 0 Å². The summed E-state index contributed by atoms with van der Waals surface area (Å²) >= 11 is 0. The van der Waals surface area contributed by atoms with Crippen LogP contribution in [0.15, 0.2) is 0 Å². The third-order valence-electron chi connectivity index (χ3n) is 2.92. The minimum atomic E-state index is -1.04. The molecule has 2 N–H and O–H groups in total. The van der Waals surface area contributed by atoms with E-state index in [9.17, 15) is 14.7 Å². The van der Waals surface area contributed by atoms with Crippen molar-refractivity contribution in [1.29, 1.82) is 0 Å². The maximum Gasteiger partial charge on any atom is 0.309 e. The van der Waals surface area contributed by atoms with Crippen molar-refractivity contribution >= 4 is 11.9 Å². The van der Waals surface area contributed by atoms with Crippen molar-refractivity contribution in [2.75, 3.05) is 13.1 Å². The number of nitrogens with zero attached hydrogens (tertiary/aromatic N) is 1. The highest BCUT2D eigenvalue weighted by atomic mass is 16.4. The van der Waals surface area contributed by atoms with E-state index in [0.717, 1.165) is 6.42 Å². The summed E-state index contributed by atoms with van der Waals surface area (Å²) in [6, 6.07) is 0. The molecule has 0 aromatic heterocycles. The average Bonchev–Trinajstić information content (AvgIpc) is 2.16. The number of likely N-dealkylation sites (tertiary alicyclic amines) is 1. The zero-order valence-corrected chi connectivity index (χ0v) is 9.77. The first-order valence-corrected chi connectivity index (χ1v) is 5.52. The third-order valence-corrected chi connectivity index (χ3v) is 2.92. The molecule has 5 heteroatoms. The summed E-state index contributed by atoms with van der Waals surface area (Å²) in [6.07, 6.45) is 1.01. The molecular weight excluding hydrogens is 210 g/mol. The highest BCUT2D eigenvalue weighted by Crippen LogP contribution is 2.23. The van der Waals surface area contributed by atoms with Crippen LogP contribution in [0.25, 0.3) is 0 Å². The average molecular weight is 229 g/mol. The van der Waals surface area contributed by atoms with E-state index < -0.39 is 17.5 Å². The normalized spacial score (nSPS) is 21.9. The molecule has 16 heavy (non-hydrogen) atoms. The largest absolute Gasteiger partial charge is 0.481 e. The molecule has 0 radical (unpaired) electrons. The van der Waals surface area contributed by atoms with Crippen LogP contribution in [-0.4, -0.2) is 46.2 Å². The number of aliphatic hydroxyl groups is 1. The molecule has 0 bridgehead atoms. The number of aliphatic carboxylic acids is 1. The van der Waals surface area contributed by atoms with Crippen LogP contribution in [0, 0.1) is 5.41 Å². The maximum absolute atomic E-state index is 11.8. The van der Waals surface area contributed by atoms with Crippen LogP contribution in [0.2, 0.25) is 0 Å². The van der Waals surface area contributed by atoms with E-state index in [1.807, 2.05) is 0 Å². The van der Waals surface area contributed by atoms with E-state index in [2.05, 4.69) is 0 Å². The van der Waals surface area contributed by atoms with E-state index in [0.29, 0.717) is 19.5 Å². The van der Waals surface area contributed by atoms with Crippen LogP contribution in [-0.2, 0) is 9.59 Å². The number of hydrogen-bond acceptors (Lipinski definition) is 3. The number of carbonyl (C=O) groups is 2. The molecular formula is C11H19NO4. The van der Waals surface area contributed by atoms with Crippen LogP contribution in [0.3, 0.4) is 0 Å². The van der Waals surface area contributed by atoms with Crippen molar-refractivity contribution in [2.24, 2.45) is 5.41 Å². The predicted molar refractivity (Wildman–Crippen MR) is 57.9 cm³/mol. The molecule has 92 valence electrons. The van der Waals surface area contributed by atoms with Gasteiger partial charge in [-0.2, -0.15) is 0 Å². The molecule has 0 aliphatic carbocycles. The van der Waals surface area contributed by atoms with Gasteiger partial charge in [0.1, 0.15) is 0 Å². The molecule has 0 unspecified atom stereocenters. The Balaban J connectivity index is 2.55. The summed E-state index contributed by atoms with van der Waals surface area (Å²) < 4.78 is 0. The number of rotatable bonds is 3. The Bertz CT molecular complexity index is 288. The van der Waals surface area contributed by atoms with Gasteiger partial charge in [0, 0.05) is 19.5 Å². The number of hydrogen-bond donors (Lipinski definition) is 2. The van der Waals surface area contributed by atoms with Crippen LogP contribution in [0.4, 0.5) is 0 Å². The molecule has 1 saturated heterocycles. The molecule has 1 heterocycles. The van der Waals surface area contributed by atoms with Gasteiger partial charge in [0.25, 0.3) is 0 Å². The monoisotopic (exact) mass is 229 g/mol. The molecule has 1 fully saturated rings. The zero-order valence-electron chi connectivity index (χ0n) is 9.77. The first-order valence-electron chi connectivity index (χ1n) is 5.52.